The molecule has 2 amide bonds. The number of carbonyl (C=O) groups is 1. The summed E-state index contributed by atoms with van der Waals surface area (Å²) in [5, 5.41) is 2.84. The van der Waals surface area contributed by atoms with Crippen molar-refractivity contribution in [2.24, 2.45) is 0 Å². The monoisotopic (exact) mass is 213 g/mol. The normalized spacial score (nSPS) is 20.1. The number of nitrogens with one attached hydrogen (secondary N) is 1. The lowest BCUT2D eigenvalue weighted by atomic mass is 10.2. The van der Waals surface area contributed by atoms with Crippen LogP contribution < -0.4 is 5.32 Å². The molecule has 1 N–H and O–H groups in total. The number of carbonyl (C=O) groups excluding carboxylic acids is 1. The summed E-state index contributed by atoms with van der Waals surface area (Å²) >= 11 is 0. The van der Waals surface area contributed by atoms with Gasteiger partial charge in [0.05, 0.1) is 0 Å². The fourth-order valence-corrected chi connectivity index (χ4v) is 1.89. The third kappa shape index (κ3) is 3.38. The molecule has 1 saturated heterocycles. The van der Waals surface area contributed by atoms with Crippen LogP contribution in [0.1, 0.15) is 27.2 Å². The minimum Gasteiger partial charge on any atom is -0.338 e. The average molecular weight is 213 g/mol. The number of amides is 2. The summed E-state index contributed by atoms with van der Waals surface area (Å²) in [5.41, 5.74) is 0. The lowest BCUT2D eigenvalue weighted by Gasteiger charge is -2.37. The summed E-state index contributed by atoms with van der Waals surface area (Å²) in [5.74, 6) is 0. The number of hydrogen-bond donors (Lipinski definition) is 1. The lowest BCUT2D eigenvalue weighted by molar-refractivity contribution is 0.112. The third-order valence-electron chi connectivity index (χ3n) is 3.14. The molecule has 0 aromatic rings. The molecule has 88 valence electrons. The SMILES string of the molecule is CCNC(=O)N1CCN(C(C)CC)CC1. The van der Waals surface area contributed by atoms with Crippen LogP contribution in [0.2, 0.25) is 0 Å². The van der Waals surface area contributed by atoms with E-state index < -0.39 is 0 Å². The van der Waals surface area contributed by atoms with Crippen LogP contribution in [0.15, 0.2) is 0 Å². The molecule has 0 aromatic carbocycles. The van der Waals surface area contributed by atoms with Gasteiger partial charge in [-0.15, -0.1) is 0 Å². The van der Waals surface area contributed by atoms with Crippen molar-refractivity contribution in [3.8, 4) is 0 Å². The molecule has 0 radical (unpaired) electrons. The van der Waals surface area contributed by atoms with E-state index in [2.05, 4.69) is 24.1 Å². The Morgan fingerprint density at radius 2 is 1.87 bits per heavy atom. The fraction of sp³-hybridized carbons (Fsp3) is 0.909. The molecular weight excluding hydrogens is 190 g/mol. The van der Waals surface area contributed by atoms with Gasteiger partial charge in [0.15, 0.2) is 0 Å². The van der Waals surface area contributed by atoms with Gasteiger partial charge in [0, 0.05) is 38.8 Å². The van der Waals surface area contributed by atoms with Crippen LogP contribution in [0.25, 0.3) is 0 Å². The third-order valence-corrected chi connectivity index (χ3v) is 3.14. The summed E-state index contributed by atoms with van der Waals surface area (Å²) in [6.07, 6.45) is 1.18. The molecule has 4 heteroatoms. The highest BCUT2D eigenvalue weighted by Crippen LogP contribution is 2.08. The van der Waals surface area contributed by atoms with Gasteiger partial charge >= 0.3 is 6.03 Å². The predicted octanol–water partition coefficient (Wildman–Crippen LogP) is 1.13. The van der Waals surface area contributed by atoms with Crippen LogP contribution in [0.4, 0.5) is 4.79 Å². The van der Waals surface area contributed by atoms with E-state index in [9.17, 15) is 4.79 Å². The lowest BCUT2D eigenvalue weighted by Crippen LogP contribution is -2.53. The second kappa shape index (κ2) is 5.95. The van der Waals surface area contributed by atoms with Gasteiger partial charge in [-0.05, 0) is 20.3 Å². The van der Waals surface area contributed by atoms with Gasteiger partial charge in [-0.25, -0.2) is 4.79 Å². The van der Waals surface area contributed by atoms with Crippen LogP contribution >= 0.6 is 0 Å². The minimum atomic E-state index is 0.0845. The van der Waals surface area contributed by atoms with Crippen LogP contribution in [-0.2, 0) is 0 Å². The van der Waals surface area contributed by atoms with Crippen molar-refractivity contribution in [1.29, 1.82) is 0 Å². The summed E-state index contributed by atoms with van der Waals surface area (Å²) in [6, 6.07) is 0.725. The highest BCUT2D eigenvalue weighted by Gasteiger charge is 2.22. The molecule has 0 saturated carbocycles. The summed E-state index contributed by atoms with van der Waals surface area (Å²) < 4.78 is 0. The van der Waals surface area contributed by atoms with Gasteiger partial charge in [0.2, 0.25) is 0 Å². The summed E-state index contributed by atoms with van der Waals surface area (Å²) in [6.45, 7) is 10.9. The second-order valence-electron chi connectivity index (χ2n) is 4.12. The van der Waals surface area contributed by atoms with E-state index in [-0.39, 0.29) is 6.03 Å². The number of piperazine rings is 1. The van der Waals surface area contributed by atoms with Crippen molar-refractivity contribution in [3.05, 3.63) is 0 Å². The summed E-state index contributed by atoms with van der Waals surface area (Å²) in [4.78, 5) is 15.9. The van der Waals surface area contributed by atoms with E-state index >= 15 is 0 Å². The Morgan fingerprint density at radius 3 is 2.33 bits per heavy atom. The molecule has 1 unspecified atom stereocenters. The maximum absolute atomic E-state index is 11.5. The van der Waals surface area contributed by atoms with Crippen molar-refractivity contribution in [3.63, 3.8) is 0 Å². The van der Waals surface area contributed by atoms with Crippen molar-refractivity contribution in [1.82, 2.24) is 15.1 Å². The zero-order valence-corrected chi connectivity index (χ0v) is 10.1. The smallest absolute Gasteiger partial charge is 0.317 e. The van der Waals surface area contributed by atoms with Crippen LogP contribution in [0, 0.1) is 0 Å². The number of urea groups is 1. The van der Waals surface area contributed by atoms with Gasteiger partial charge in [0.25, 0.3) is 0 Å². The van der Waals surface area contributed by atoms with Crippen molar-refractivity contribution >= 4 is 6.03 Å². The highest BCUT2D eigenvalue weighted by atomic mass is 16.2. The van der Waals surface area contributed by atoms with E-state index in [1.165, 1.54) is 6.42 Å². The molecule has 1 atom stereocenters. The standard InChI is InChI=1S/C11H23N3O/c1-4-10(3)13-6-8-14(9-7-13)11(15)12-5-2/h10H,4-9H2,1-3H3,(H,12,15). The predicted molar refractivity (Wildman–Crippen MR) is 62.0 cm³/mol. The molecular formula is C11H23N3O. The Bertz CT molecular complexity index is 200. The van der Waals surface area contributed by atoms with Gasteiger partial charge in [-0.1, -0.05) is 6.92 Å². The molecule has 1 heterocycles. The minimum absolute atomic E-state index is 0.0845. The van der Waals surface area contributed by atoms with E-state index in [0.29, 0.717) is 12.6 Å². The van der Waals surface area contributed by atoms with Crippen molar-refractivity contribution in [2.75, 3.05) is 32.7 Å². The largest absolute Gasteiger partial charge is 0.338 e. The first-order valence-corrected chi connectivity index (χ1v) is 5.95. The zero-order chi connectivity index (χ0) is 11.3. The Hall–Kier alpha value is -0.770. The molecule has 0 spiro atoms. The molecule has 1 rings (SSSR count). The van der Waals surface area contributed by atoms with Crippen LogP contribution in [-0.4, -0.2) is 54.6 Å². The van der Waals surface area contributed by atoms with Crippen LogP contribution in [0.3, 0.4) is 0 Å². The number of hydrogen-bond acceptors (Lipinski definition) is 2. The molecule has 1 fully saturated rings. The van der Waals surface area contributed by atoms with Gasteiger partial charge in [0.1, 0.15) is 0 Å². The maximum atomic E-state index is 11.5. The Balaban J connectivity index is 2.32. The molecule has 4 nitrogen and oxygen atoms in total. The summed E-state index contributed by atoms with van der Waals surface area (Å²) in [7, 11) is 0. The molecule has 1 aliphatic rings. The quantitative estimate of drug-likeness (QED) is 0.763. The Kier molecular flexibility index (Phi) is 4.88. The van der Waals surface area contributed by atoms with E-state index in [4.69, 9.17) is 0 Å². The molecule has 0 bridgehead atoms. The van der Waals surface area contributed by atoms with Crippen molar-refractivity contribution in [2.45, 2.75) is 33.2 Å². The first-order chi connectivity index (χ1) is 7.19. The number of nitrogens with zero attached hydrogens (tertiary/aromatic N) is 2. The number of rotatable bonds is 3. The topological polar surface area (TPSA) is 35.6 Å². The Morgan fingerprint density at radius 1 is 1.27 bits per heavy atom. The van der Waals surface area contributed by atoms with E-state index in [1.54, 1.807) is 0 Å². The van der Waals surface area contributed by atoms with Crippen LogP contribution in [0.5, 0.6) is 0 Å². The molecule has 0 aliphatic carbocycles. The van der Waals surface area contributed by atoms with E-state index in [1.807, 2.05) is 11.8 Å². The first kappa shape index (κ1) is 12.3. The second-order valence-corrected chi connectivity index (χ2v) is 4.12. The zero-order valence-electron chi connectivity index (χ0n) is 10.1. The molecule has 15 heavy (non-hydrogen) atoms. The fourth-order valence-electron chi connectivity index (χ4n) is 1.89. The van der Waals surface area contributed by atoms with Gasteiger partial charge in [-0.3, -0.25) is 4.90 Å². The highest BCUT2D eigenvalue weighted by molar-refractivity contribution is 5.74. The van der Waals surface area contributed by atoms with Crippen molar-refractivity contribution < 1.29 is 4.79 Å². The Labute approximate surface area is 92.6 Å². The first-order valence-electron chi connectivity index (χ1n) is 5.95. The molecule has 1 aliphatic heterocycles. The van der Waals surface area contributed by atoms with E-state index in [0.717, 1.165) is 26.2 Å². The molecule has 0 aromatic heterocycles. The van der Waals surface area contributed by atoms with Gasteiger partial charge < -0.3 is 10.2 Å². The van der Waals surface area contributed by atoms with Gasteiger partial charge in [-0.2, -0.15) is 0 Å². The maximum Gasteiger partial charge on any atom is 0.317 e. The average Bonchev–Trinajstić information content (AvgIpc) is 2.28.